The number of hydrogen-bond donors (Lipinski definition) is 0. The third kappa shape index (κ3) is 3.65. The van der Waals surface area contributed by atoms with Gasteiger partial charge in [-0.15, -0.1) is 20.4 Å². The molecule has 0 aliphatic heterocycles. The van der Waals surface area contributed by atoms with Crippen molar-refractivity contribution in [3.63, 3.8) is 0 Å². The minimum Gasteiger partial charge on any atom is -0.420 e. The van der Waals surface area contributed by atoms with Gasteiger partial charge in [-0.25, -0.2) is 0 Å². The van der Waals surface area contributed by atoms with Crippen molar-refractivity contribution in [3.05, 3.63) is 34.6 Å². The molecule has 21 heavy (non-hydrogen) atoms. The minimum atomic E-state index is 0.514. The van der Waals surface area contributed by atoms with Gasteiger partial charge in [0.1, 0.15) is 0 Å². The van der Waals surface area contributed by atoms with E-state index in [1.165, 1.54) is 0 Å². The van der Waals surface area contributed by atoms with E-state index in [-0.39, 0.29) is 0 Å². The van der Waals surface area contributed by atoms with Crippen molar-refractivity contribution in [2.75, 3.05) is 6.26 Å². The molecule has 0 N–H and O–H groups in total. The van der Waals surface area contributed by atoms with Crippen LogP contribution in [0.3, 0.4) is 0 Å². The molecule has 0 unspecified atom stereocenters. The number of benzene rings is 1. The molecule has 5 nitrogen and oxygen atoms in total. The number of thioether (sulfide) groups is 2. The van der Waals surface area contributed by atoms with E-state index in [9.17, 15) is 0 Å². The van der Waals surface area contributed by atoms with Gasteiger partial charge in [-0.3, -0.25) is 0 Å². The van der Waals surface area contributed by atoms with Crippen LogP contribution in [0.2, 0.25) is 0 Å². The van der Waals surface area contributed by atoms with E-state index in [0.29, 0.717) is 17.5 Å². The summed E-state index contributed by atoms with van der Waals surface area (Å²) in [5.41, 5.74) is 0.891. The van der Waals surface area contributed by atoms with E-state index in [2.05, 4.69) is 36.3 Å². The highest BCUT2D eigenvalue weighted by Crippen LogP contribution is 2.31. The Bertz CT molecular complexity index is 745. The van der Waals surface area contributed by atoms with Gasteiger partial charge in [0.05, 0.1) is 11.3 Å². The second-order valence-electron chi connectivity index (χ2n) is 3.81. The number of aromatic nitrogens is 4. The lowest BCUT2D eigenvalue weighted by atomic mass is 10.2. The van der Waals surface area contributed by atoms with Crippen LogP contribution in [0.1, 0.15) is 5.89 Å². The van der Waals surface area contributed by atoms with Crippen LogP contribution in [0, 0.1) is 0 Å². The van der Waals surface area contributed by atoms with Gasteiger partial charge >= 0.3 is 0 Å². The second-order valence-corrected chi connectivity index (χ2v) is 7.92. The van der Waals surface area contributed by atoms with Crippen molar-refractivity contribution >= 4 is 50.8 Å². The number of rotatable bonds is 5. The molecule has 3 rings (SSSR count). The zero-order valence-electron chi connectivity index (χ0n) is 10.8. The molecule has 9 heteroatoms. The van der Waals surface area contributed by atoms with Crippen molar-refractivity contribution in [2.45, 2.75) is 14.4 Å². The maximum absolute atomic E-state index is 5.68. The normalized spacial score (nSPS) is 11.0. The van der Waals surface area contributed by atoms with Crippen LogP contribution in [0.5, 0.6) is 0 Å². The number of halogens is 1. The molecule has 108 valence electrons. The summed E-state index contributed by atoms with van der Waals surface area (Å²) in [5.74, 6) is 1.67. The summed E-state index contributed by atoms with van der Waals surface area (Å²) in [5, 5.41) is 16.3. The first-order chi connectivity index (χ1) is 10.3. The van der Waals surface area contributed by atoms with Gasteiger partial charge in [0.15, 0.2) is 8.68 Å². The molecule has 0 aliphatic carbocycles. The Balaban J connectivity index is 1.69. The lowest BCUT2D eigenvalue weighted by Crippen LogP contribution is -1.80. The largest absolute Gasteiger partial charge is 0.420 e. The predicted molar refractivity (Wildman–Crippen MR) is 88.7 cm³/mol. The molecule has 0 saturated heterocycles. The first-order valence-electron chi connectivity index (χ1n) is 5.84. The highest BCUT2D eigenvalue weighted by Gasteiger charge is 2.12. The fourth-order valence-electron chi connectivity index (χ4n) is 1.52. The highest BCUT2D eigenvalue weighted by molar-refractivity contribution is 9.10. The molecule has 0 amide bonds. The molecule has 0 fully saturated rings. The molecular formula is C12H9BrN4OS3. The molecule has 0 radical (unpaired) electrons. The third-order valence-electron chi connectivity index (χ3n) is 2.45. The number of hydrogen-bond acceptors (Lipinski definition) is 8. The average Bonchev–Trinajstić information content (AvgIpc) is 3.14. The van der Waals surface area contributed by atoms with Crippen LogP contribution in [0.4, 0.5) is 0 Å². The van der Waals surface area contributed by atoms with Gasteiger partial charge in [-0.1, -0.05) is 47.0 Å². The summed E-state index contributed by atoms with van der Waals surface area (Å²) in [6, 6.07) is 7.76. The Morgan fingerprint density at radius 3 is 2.71 bits per heavy atom. The Hall–Kier alpha value is -0.900. The molecule has 0 spiro atoms. The van der Waals surface area contributed by atoms with Crippen molar-refractivity contribution in [2.24, 2.45) is 0 Å². The Labute approximate surface area is 142 Å². The lowest BCUT2D eigenvalue weighted by molar-refractivity contribution is 0.528. The van der Waals surface area contributed by atoms with E-state index in [1.54, 1.807) is 34.9 Å². The standard InChI is InChI=1S/C12H9BrN4OS3/c1-19-11-16-17-12(21-11)20-6-9-14-15-10(18-9)7-4-2-3-5-8(7)13/h2-5H,6H2,1H3. The topological polar surface area (TPSA) is 64.7 Å². The van der Waals surface area contributed by atoms with Crippen molar-refractivity contribution in [1.29, 1.82) is 0 Å². The molecule has 0 atom stereocenters. The third-order valence-corrected chi connectivity index (χ3v) is 6.16. The summed E-state index contributed by atoms with van der Waals surface area (Å²) in [4.78, 5) is 0. The van der Waals surface area contributed by atoms with Gasteiger partial charge < -0.3 is 4.42 Å². The van der Waals surface area contributed by atoms with Crippen LogP contribution < -0.4 is 0 Å². The molecule has 2 aromatic heterocycles. The van der Waals surface area contributed by atoms with Crippen LogP contribution in [-0.2, 0) is 5.75 Å². The Morgan fingerprint density at radius 2 is 1.95 bits per heavy atom. The Kier molecular flexibility index (Phi) is 4.94. The van der Waals surface area contributed by atoms with Gasteiger partial charge in [0.25, 0.3) is 0 Å². The maximum Gasteiger partial charge on any atom is 0.248 e. The number of nitrogens with zero attached hydrogens (tertiary/aromatic N) is 4. The van der Waals surface area contributed by atoms with Crippen molar-refractivity contribution < 1.29 is 4.42 Å². The predicted octanol–water partition coefficient (Wildman–Crippen LogP) is 4.36. The molecule has 3 aromatic rings. The van der Waals surface area contributed by atoms with Gasteiger partial charge in [0.2, 0.25) is 11.8 Å². The maximum atomic E-state index is 5.68. The van der Waals surface area contributed by atoms with Crippen molar-refractivity contribution in [1.82, 2.24) is 20.4 Å². The monoisotopic (exact) mass is 400 g/mol. The van der Waals surface area contributed by atoms with Gasteiger partial charge in [-0.2, -0.15) is 0 Å². The lowest BCUT2D eigenvalue weighted by Gasteiger charge is -1.97. The van der Waals surface area contributed by atoms with E-state index in [1.807, 2.05) is 30.5 Å². The zero-order valence-corrected chi connectivity index (χ0v) is 14.9. The molecule has 0 bridgehead atoms. The summed E-state index contributed by atoms with van der Waals surface area (Å²) in [7, 11) is 0. The molecular weight excluding hydrogens is 392 g/mol. The SMILES string of the molecule is CSc1nnc(SCc2nnc(-c3ccccc3Br)o2)s1. The second kappa shape index (κ2) is 6.91. The van der Waals surface area contributed by atoms with E-state index < -0.39 is 0 Å². The van der Waals surface area contributed by atoms with Gasteiger partial charge in [0, 0.05) is 4.47 Å². The highest BCUT2D eigenvalue weighted by atomic mass is 79.9. The van der Waals surface area contributed by atoms with E-state index in [0.717, 1.165) is 18.7 Å². The van der Waals surface area contributed by atoms with Gasteiger partial charge in [-0.05, 0) is 34.3 Å². The smallest absolute Gasteiger partial charge is 0.248 e. The van der Waals surface area contributed by atoms with Crippen LogP contribution in [0.25, 0.3) is 11.5 Å². The van der Waals surface area contributed by atoms with Crippen LogP contribution in [0.15, 0.2) is 41.8 Å². The zero-order chi connectivity index (χ0) is 14.7. The average molecular weight is 401 g/mol. The summed E-state index contributed by atoms with van der Waals surface area (Å²) in [6.07, 6.45) is 1.98. The first kappa shape index (κ1) is 15.0. The quantitative estimate of drug-likeness (QED) is 0.589. The fourth-order valence-corrected chi connectivity index (χ4v) is 4.25. The summed E-state index contributed by atoms with van der Waals surface area (Å²) >= 11 is 8.18. The van der Waals surface area contributed by atoms with E-state index in [4.69, 9.17) is 4.42 Å². The minimum absolute atomic E-state index is 0.514. The van der Waals surface area contributed by atoms with E-state index >= 15 is 0 Å². The Morgan fingerprint density at radius 1 is 1.14 bits per heavy atom. The first-order valence-corrected chi connectivity index (χ1v) is 9.66. The summed E-state index contributed by atoms with van der Waals surface area (Å²) < 4.78 is 8.47. The van der Waals surface area contributed by atoms with Crippen LogP contribution >= 0.6 is 50.8 Å². The summed E-state index contributed by atoms with van der Waals surface area (Å²) in [6.45, 7) is 0. The molecule has 1 aromatic carbocycles. The molecule has 0 saturated carbocycles. The van der Waals surface area contributed by atoms with Crippen molar-refractivity contribution in [3.8, 4) is 11.5 Å². The molecule has 0 aliphatic rings. The van der Waals surface area contributed by atoms with Crippen LogP contribution in [-0.4, -0.2) is 26.7 Å². The fraction of sp³-hybridized carbons (Fsp3) is 0.167. The molecule has 2 heterocycles.